The van der Waals surface area contributed by atoms with E-state index in [1.165, 1.54) is 0 Å². The van der Waals surface area contributed by atoms with Crippen LogP contribution < -0.4 is 5.32 Å². The van der Waals surface area contributed by atoms with Crippen molar-refractivity contribution in [2.24, 2.45) is 0 Å². The van der Waals surface area contributed by atoms with Gasteiger partial charge in [-0.1, -0.05) is 43.0 Å². The minimum Gasteiger partial charge on any atom is -0.481 e. The first-order chi connectivity index (χ1) is 11.0. The lowest BCUT2D eigenvalue weighted by atomic mass is 9.68. The summed E-state index contributed by atoms with van der Waals surface area (Å²) in [5.74, 6) is -0.742. The van der Waals surface area contributed by atoms with Crippen LogP contribution in [0.3, 0.4) is 0 Å². The van der Waals surface area contributed by atoms with E-state index in [1.807, 2.05) is 24.3 Å². The molecule has 0 radical (unpaired) electrons. The van der Waals surface area contributed by atoms with E-state index in [2.05, 4.69) is 5.32 Å². The fourth-order valence-electron chi connectivity index (χ4n) is 3.36. The molecule has 1 aromatic carbocycles. The maximum atomic E-state index is 12.9. The number of aliphatic carboxylic acids is 1. The molecular formula is C18H24ClNO3. The van der Waals surface area contributed by atoms with Gasteiger partial charge in [0.2, 0.25) is 5.91 Å². The molecule has 0 aliphatic heterocycles. The van der Waals surface area contributed by atoms with Gasteiger partial charge in [-0.05, 0) is 43.4 Å². The molecule has 5 heteroatoms. The molecule has 0 saturated heterocycles. The Labute approximate surface area is 142 Å². The number of carboxylic acid groups (broad SMARTS) is 1. The quantitative estimate of drug-likeness (QED) is 0.741. The number of amides is 1. The molecule has 1 amide bonds. The first kappa shape index (κ1) is 17.8. The van der Waals surface area contributed by atoms with Gasteiger partial charge in [0.05, 0.1) is 5.41 Å². The first-order valence-corrected chi connectivity index (χ1v) is 8.68. The average molecular weight is 338 g/mol. The SMILES string of the molecule is O=C(O)CCCCNC(=O)C1(c2cccc(Cl)c2)CCCCC1. The molecule has 126 valence electrons. The molecule has 2 rings (SSSR count). The Kier molecular flexibility index (Phi) is 6.46. The Morgan fingerprint density at radius 1 is 1.17 bits per heavy atom. The Balaban J connectivity index is 2.03. The summed E-state index contributed by atoms with van der Waals surface area (Å²) in [5.41, 5.74) is 0.503. The van der Waals surface area contributed by atoms with Gasteiger partial charge in [0.15, 0.2) is 0 Å². The van der Waals surface area contributed by atoms with Crippen LogP contribution in [-0.4, -0.2) is 23.5 Å². The molecule has 4 nitrogen and oxygen atoms in total. The van der Waals surface area contributed by atoms with Crippen molar-refractivity contribution in [2.45, 2.75) is 56.8 Å². The molecule has 0 bridgehead atoms. The lowest BCUT2D eigenvalue weighted by Crippen LogP contribution is -2.46. The molecule has 1 aromatic rings. The zero-order valence-electron chi connectivity index (χ0n) is 13.3. The summed E-state index contributed by atoms with van der Waals surface area (Å²) in [4.78, 5) is 23.4. The number of unbranched alkanes of at least 4 members (excludes halogenated alkanes) is 1. The van der Waals surface area contributed by atoms with Crippen LogP contribution in [0.15, 0.2) is 24.3 Å². The van der Waals surface area contributed by atoms with Crippen molar-refractivity contribution in [1.29, 1.82) is 0 Å². The van der Waals surface area contributed by atoms with Gasteiger partial charge in [0, 0.05) is 18.0 Å². The smallest absolute Gasteiger partial charge is 0.303 e. The van der Waals surface area contributed by atoms with Gasteiger partial charge in [-0.25, -0.2) is 0 Å². The van der Waals surface area contributed by atoms with Crippen LogP contribution in [0, 0.1) is 0 Å². The Morgan fingerprint density at radius 2 is 1.91 bits per heavy atom. The molecule has 0 spiro atoms. The molecule has 1 fully saturated rings. The molecule has 1 saturated carbocycles. The predicted molar refractivity (Wildman–Crippen MR) is 90.7 cm³/mol. The molecular weight excluding hydrogens is 314 g/mol. The summed E-state index contributed by atoms with van der Waals surface area (Å²) in [6, 6.07) is 7.61. The zero-order chi connectivity index (χ0) is 16.7. The van der Waals surface area contributed by atoms with Gasteiger partial charge in [-0.15, -0.1) is 0 Å². The summed E-state index contributed by atoms with van der Waals surface area (Å²) in [7, 11) is 0. The summed E-state index contributed by atoms with van der Waals surface area (Å²) in [6.07, 6.45) is 6.34. The van der Waals surface area contributed by atoms with Crippen LogP contribution in [0.5, 0.6) is 0 Å². The van der Waals surface area contributed by atoms with Crippen molar-refractivity contribution in [3.8, 4) is 0 Å². The summed E-state index contributed by atoms with van der Waals surface area (Å²) < 4.78 is 0. The minimum absolute atomic E-state index is 0.0507. The topological polar surface area (TPSA) is 66.4 Å². The second kappa shape index (κ2) is 8.34. The van der Waals surface area contributed by atoms with E-state index in [-0.39, 0.29) is 12.3 Å². The Bertz CT molecular complexity index is 553. The van der Waals surface area contributed by atoms with Gasteiger partial charge >= 0.3 is 5.97 Å². The molecule has 1 aliphatic rings. The number of carboxylic acids is 1. The number of rotatable bonds is 7. The molecule has 0 unspecified atom stereocenters. The molecule has 2 N–H and O–H groups in total. The van der Waals surface area contributed by atoms with E-state index in [1.54, 1.807) is 0 Å². The van der Waals surface area contributed by atoms with E-state index in [0.717, 1.165) is 37.7 Å². The molecule has 0 aromatic heterocycles. The minimum atomic E-state index is -0.793. The van der Waals surface area contributed by atoms with Crippen molar-refractivity contribution in [1.82, 2.24) is 5.32 Å². The second-order valence-electron chi connectivity index (χ2n) is 6.26. The Morgan fingerprint density at radius 3 is 2.57 bits per heavy atom. The zero-order valence-corrected chi connectivity index (χ0v) is 14.1. The number of halogens is 1. The second-order valence-corrected chi connectivity index (χ2v) is 6.70. The highest BCUT2D eigenvalue weighted by Crippen LogP contribution is 2.40. The third-order valence-electron chi connectivity index (χ3n) is 4.62. The van der Waals surface area contributed by atoms with Crippen LogP contribution in [0.4, 0.5) is 0 Å². The van der Waals surface area contributed by atoms with E-state index >= 15 is 0 Å². The van der Waals surface area contributed by atoms with Crippen LogP contribution in [0.25, 0.3) is 0 Å². The third kappa shape index (κ3) is 4.71. The van der Waals surface area contributed by atoms with Gasteiger partial charge in [-0.2, -0.15) is 0 Å². The van der Waals surface area contributed by atoms with Crippen molar-refractivity contribution in [3.05, 3.63) is 34.9 Å². The number of benzene rings is 1. The van der Waals surface area contributed by atoms with Crippen LogP contribution >= 0.6 is 11.6 Å². The molecule has 0 atom stereocenters. The molecule has 1 aliphatic carbocycles. The number of carbonyl (C=O) groups is 2. The highest BCUT2D eigenvalue weighted by molar-refractivity contribution is 6.30. The lowest BCUT2D eigenvalue weighted by molar-refractivity contribution is -0.137. The summed E-state index contributed by atoms with van der Waals surface area (Å²) >= 11 is 6.12. The van der Waals surface area contributed by atoms with E-state index in [9.17, 15) is 9.59 Å². The summed E-state index contributed by atoms with van der Waals surface area (Å²) in [6.45, 7) is 0.522. The van der Waals surface area contributed by atoms with E-state index in [0.29, 0.717) is 24.4 Å². The maximum absolute atomic E-state index is 12.9. The van der Waals surface area contributed by atoms with E-state index in [4.69, 9.17) is 16.7 Å². The largest absolute Gasteiger partial charge is 0.481 e. The summed E-state index contributed by atoms with van der Waals surface area (Å²) in [5, 5.41) is 12.3. The number of hydrogen-bond donors (Lipinski definition) is 2. The van der Waals surface area contributed by atoms with Gasteiger partial charge < -0.3 is 10.4 Å². The number of carbonyl (C=O) groups excluding carboxylic acids is 1. The Hall–Kier alpha value is -1.55. The van der Waals surface area contributed by atoms with Gasteiger partial charge in [-0.3, -0.25) is 9.59 Å². The van der Waals surface area contributed by atoms with Crippen molar-refractivity contribution in [2.75, 3.05) is 6.54 Å². The predicted octanol–water partition coefficient (Wildman–Crippen LogP) is 3.91. The number of nitrogens with one attached hydrogen (secondary N) is 1. The third-order valence-corrected chi connectivity index (χ3v) is 4.86. The standard InChI is InChI=1S/C18H24ClNO3/c19-15-8-6-7-14(13-15)18(10-3-1-4-11-18)17(23)20-12-5-2-9-16(21)22/h6-8,13H,1-5,9-12H2,(H,20,23)(H,21,22). The van der Waals surface area contributed by atoms with Crippen LogP contribution in [0.1, 0.15) is 56.9 Å². The molecule has 23 heavy (non-hydrogen) atoms. The fraction of sp³-hybridized carbons (Fsp3) is 0.556. The number of hydrogen-bond acceptors (Lipinski definition) is 2. The highest BCUT2D eigenvalue weighted by Gasteiger charge is 2.40. The monoisotopic (exact) mass is 337 g/mol. The fourth-order valence-corrected chi connectivity index (χ4v) is 3.55. The van der Waals surface area contributed by atoms with Crippen LogP contribution in [0.2, 0.25) is 5.02 Å². The van der Waals surface area contributed by atoms with Gasteiger partial charge in [0.25, 0.3) is 0 Å². The first-order valence-electron chi connectivity index (χ1n) is 8.31. The maximum Gasteiger partial charge on any atom is 0.303 e. The van der Waals surface area contributed by atoms with Crippen molar-refractivity contribution >= 4 is 23.5 Å². The van der Waals surface area contributed by atoms with Crippen LogP contribution in [-0.2, 0) is 15.0 Å². The van der Waals surface area contributed by atoms with Crippen molar-refractivity contribution in [3.63, 3.8) is 0 Å². The van der Waals surface area contributed by atoms with Crippen molar-refractivity contribution < 1.29 is 14.7 Å². The highest BCUT2D eigenvalue weighted by atomic mass is 35.5. The lowest BCUT2D eigenvalue weighted by Gasteiger charge is -2.36. The van der Waals surface area contributed by atoms with Gasteiger partial charge in [0.1, 0.15) is 0 Å². The average Bonchev–Trinajstić information content (AvgIpc) is 2.54. The normalized spacial score (nSPS) is 16.7. The molecule has 0 heterocycles. The van der Waals surface area contributed by atoms with E-state index < -0.39 is 11.4 Å².